The van der Waals surface area contributed by atoms with E-state index in [1.165, 1.54) is 39.0 Å². The van der Waals surface area contributed by atoms with Crippen molar-refractivity contribution in [1.82, 2.24) is 0 Å². The maximum atomic E-state index is 12.5. The SMILES string of the molecule is CC(=O)O[C@H]1CC2C(CC[C@@H]3C[C@H](C)CC[C@]23C)C2CCC(C(C)=O)[C@]21C. The molecule has 4 aliphatic rings. The largest absolute Gasteiger partial charge is 0.462 e. The highest BCUT2D eigenvalue weighted by atomic mass is 16.5. The third kappa shape index (κ3) is 2.82. The number of fused-ring (bicyclic) bond motifs is 5. The van der Waals surface area contributed by atoms with E-state index in [1.54, 1.807) is 6.92 Å². The predicted octanol–water partition coefficient (Wildman–Crippen LogP) is 5.41. The summed E-state index contributed by atoms with van der Waals surface area (Å²) in [5, 5.41) is 0. The van der Waals surface area contributed by atoms with Gasteiger partial charge in [-0.1, -0.05) is 27.2 Å². The predicted molar refractivity (Wildman–Crippen MR) is 106 cm³/mol. The molecule has 0 heterocycles. The van der Waals surface area contributed by atoms with Crippen molar-refractivity contribution in [3.8, 4) is 0 Å². The zero-order valence-corrected chi connectivity index (χ0v) is 17.9. The number of rotatable bonds is 2. The minimum Gasteiger partial charge on any atom is -0.462 e. The Bertz CT molecular complexity index is 627. The van der Waals surface area contributed by atoms with Crippen LogP contribution in [0.4, 0.5) is 0 Å². The van der Waals surface area contributed by atoms with Gasteiger partial charge in [0.05, 0.1) is 0 Å². The van der Waals surface area contributed by atoms with E-state index in [-0.39, 0.29) is 23.4 Å². The summed E-state index contributed by atoms with van der Waals surface area (Å²) in [5.41, 5.74) is 0.229. The van der Waals surface area contributed by atoms with E-state index >= 15 is 0 Å². The van der Waals surface area contributed by atoms with E-state index in [1.807, 2.05) is 0 Å². The molecule has 4 unspecified atom stereocenters. The lowest BCUT2D eigenvalue weighted by molar-refractivity contribution is -0.192. The standard InChI is InChI=1S/C24H38O3/c1-14-10-11-23(4)17(12-14)6-7-18-20-9-8-19(15(2)25)24(20,5)22(13-21(18)23)27-16(3)26/h14,17-22H,6-13H2,1-5H3/t14-,17-,18?,19?,20?,21?,22+,23+,24-/m1/s1. The van der Waals surface area contributed by atoms with Gasteiger partial charge in [0.2, 0.25) is 0 Å². The molecule has 9 atom stereocenters. The molecule has 3 nitrogen and oxygen atoms in total. The Balaban J connectivity index is 1.71. The van der Waals surface area contributed by atoms with Crippen molar-refractivity contribution in [1.29, 1.82) is 0 Å². The van der Waals surface area contributed by atoms with Crippen LogP contribution < -0.4 is 0 Å². The van der Waals surface area contributed by atoms with Gasteiger partial charge in [0.15, 0.2) is 0 Å². The van der Waals surface area contributed by atoms with Crippen molar-refractivity contribution in [3.63, 3.8) is 0 Å². The lowest BCUT2D eigenvalue weighted by Gasteiger charge is -2.62. The fourth-order valence-corrected chi connectivity index (χ4v) is 8.45. The molecule has 0 amide bonds. The van der Waals surface area contributed by atoms with Crippen LogP contribution in [0.25, 0.3) is 0 Å². The van der Waals surface area contributed by atoms with Crippen LogP contribution in [0.5, 0.6) is 0 Å². The van der Waals surface area contributed by atoms with Crippen molar-refractivity contribution >= 4 is 11.8 Å². The van der Waals surface area contributed by atoms with Crippen LogP contribution in [0.3, 0.4) is 0 Å². The molecule has 3 heteroatoms. The maximum absolute atomic E-state index is 12.5. The Hall–Kier alpha value is -0.860. The summed E-state index contributed by atoms with van der Waals surface area (Å²) in [7, 11) is 0. The Morgan fingerprint density at radius 2 is 1.67 bits per heavy atom. The normalized spacial score (nSPS) is 51.7. The van der Waals surface area contributed by atoms with Gasteiger partial charge in [-0.25, -0.2) is 0 Å². The molecule has 0 N–H and O–H groups in total. The second kappa shape index (κ2) is 6.59. The second-order valence-electron chi connectivity index (χ2n) is 11.0. The van der Waals surface area contributed by atoms with Gasteiger partial charge in [-0.05, 0) is 86.9 Å². The molecule has 0 aromatic rings. The van der Waals surface area contributed by atoms with Crippen LogP contribution in [0, 0.1) is 46.3 Å². The van der Waals surface area contributed by atoms with E-state index < -0.39 is 0 Å². The minimum atomic E-state index is -0.178. The van der Waals surface area contributed by atoms with E-state index in [2.05, 4.69) is 20.8 Å². The van der Waals surface area contributed by atoms with Crippen molar-refractivity contribution in [2.24, 2.45) is 46.3 Å². The molecular weight excluding hydrogens is 336 g/mol. The van der Waals surface area contributed by atoms with Crippen LogP contribution >= 0.6 is 0 Å². The summed E-state index contributed by atoms with van der Waals surface area (Å²) < 4.78 is 5.99. The molecule has 0 bridgehead atoms. The van der Waals surface area contributed by atoms with E-state index in [0.29, 0.717) is 29.0 Å². The molecule has 4 rings (SSSR count). The summed E-state index contributed by atoms with van der Waals surface area (Å²) in [4.78, 5) is 24.5. The highest BCUT2D eigenvalue weighted by Gasteiger charge is 2.65. The number of ether oxygens (including phenoxy) is 1. The quantitative estimate of drug-likeness (QED) is 0.607. The number of esters is 1. The smallest absolute Gasteiger partial charge is 0.302 e. The Morgan fingerprint density at radius 1 is 0.926 bits per heavy atom. The zero-order chi connectivity index (χ0) is 19.6. The average molecular weight is 375 g/mol. The van der Waals surface area contributed by atoms with Crippen LogP contribution in [0.2, 0.25) is 0 Å². The van der Waals surface area contributed by atoms with Gasteiger partial charge in [-0.15, -0.1) is 0 Å². The highest BCUT2D eigenvalue weighted by molar-refractivity contribution is 5.80. The van der Waals surface area contributed by atoms with Crippen LogP contribution in [-0.2, 0) is 14.3 Å². The van der Waals surface area contributed by atoms with Gasteiger partial charge in [-0.3, -0.25) is 9.59 Å². The summed E-state index contributed by atoms with van der Waals surface area (Å²) in [6.07, 6.45) is 9.71. The van der Waals surface area contributed by atoms with Gasteiger partial charge in [-0.2, -0.15) is 0 Å². The van der Waals surface area contributed by atoms with Crippen molar-refractivity contribution < 1.29 is 14.3 Å². The van der Waals surface area contributed by atoms with E-state index in [9.17, 15) is 9.59 Å². The van der Waals surface area contributed by atoms with Crippen LogP contribution in [0.15, 0.2) is 0 Å². The van der Waals surface area contributed by atoms with E-state index in [0.717, 1.165) is 31.1 Å². The molecule has 0 aromatic heterocycles. The molecule has 0 radical (unpaired) electrons. The molecule has 0 aliphatic heterocycles. The lowest BCUT2D eigenvalue weighted by atomic mass is 9.43. The Morgan fingerprint density at radius 3 is 2.33 bits per heavy atom. The topological polar surface area (TPSA) is 43.4 Å². The molecule has 4 saturated carbocycles. The second-order valence-corrected chi connectivity index (χ2v) is 11.0. The number of carbonyl (C=O) groups excluding carboxylic acids is 2. The van der Waals surface area contributed by atoms with Gasteiger partial charge in [0.1, 0.15) is 11.9 Å². The zero-order valence-electron chi connectivity index (χ0n) is 17.9. The molecule has 152 valence electrons. The fraction of sp³-hybridized carbons (Fsp3) is 0.917. The van der Waals surface area contributed by atoms with Crippen LogP contribution in [0.1, 0.15) is 86.0 Å². The summed E-state index contributed by atoms with van der Waals surface area (Å²) in [6.45, 7) is 10.5. The number of carbonyl (C=O) groups is 2. The van der Waals surface area contributed by atoms with Gasteiger partial charge in [0.25, 0.3) is 0 Å². The summed E-state index contributed by atoms with van der Waals surface area (Å²) >= 11 is 0. The van der Waals surface area contributed by atoms with Gasteiger partial charge >= 0.3 is 5.97 Å². The first-order valence-electron chi connectivity index (χ1n) is 11.4. The first-order chi connectivity index (χ1) is 12.7. The number of ketones is 1. The molecule has 0 spiro atoms. The molecule has 27 heavy (non-hydrogen) atoms. The summed E-state index contributed by atoms with van der Waals surface area (Å²) in [6, 6.07) is 0. The van der Waals surface area contributed by atoms with E-state index in [4.69, 9.17) is 4.74 Å². The van der Waals surface area contributed by atoms with Crippen molar-refractivity contribution in [2.75, 3.05) is 0 Å². The molecule has 4 fully saturated rings. The molecular formula is C24H38O3. The minimum absolute atomic E-state index is 0.0599. The average Bonchev–Trinajstić information content (AvgIpc) is 2.95. The highest BCUT2D eigenvalue weighted by Crippen LogP contribution is 2.68. The van der Waals surface area contributed by atoms with Crippen molar-refractivity contribution in [2.45, 2.75) is 92.1 Å². The molecule has 0 aromatic carbocycles. The number of Topliss-reactive ketones (excluding diaryl/α,β-unsaturated/α-hetero) is 1. The van der Waals surface area contributed by atoms with Gasteiger partial charge < -0.3 is 4.74 Å². The molecule has 4 aliphatic carbocycles. The molecule has 0 saturated heterocycles. The first-order valence-corrected chi connectivity index (χ1v) is 11.4. The third-order valence-electron chi connectivity index (χ3n) is 9.80. The maximum Gasteiger partial charge on any atom is 0.302 e. The third-order valence-corrected chi connectivity index (χ3v) is 9.80. The number of hydrogen-bond acceptors (Lipinski definition) is 3. The fourth-order valence-electron chi connectivity index (χ4n) is 8.45. The summed E-state index contributed by atoms with van der Waals surface area (Å²) in [5.74, 6) is 3.75. The first kappa shape index (κ1) is 19.5. The number of hydrogen-bond donors (Lipinski definition) is 0. The Kier molecular flexibility index (Phi) is 4.75. The lowest BCUT2D eigenvalue weighted by Crippen LogP contribution is -2.59. The monoisotopic (exact) mass is 374 g/mol. The van der Waals surface area contributed by atoms with Crippen molar-refractivity contribution in [3.05, 3.63) is 0 Å². The Labute approximate surface area is 165 Å². The van der Waals surface area contributed by atoms with Crippen LogP contribution in [-0.4, -0.2) is 17.9 Å². The van der Waals surface area contributed by atoms with Gasteiger partial charge in [0, 0.05) is 18.3 Å².